The molecule has 0 radical (unpaired) electrons. The third-order valence-corrected chi connectivity index (χ3v) is 3.05. The molecule has 1 heterocycles. The number of hydrogen-bond donors (Lipinski definition) is 0. The van der Waals surface area contributed by atoms with Crippen LogP contribution in [0.1, 0.15) is 17.3 Å². The maximum absolute atomic E-state index is 12.0. The van der Waals surface area contributed by atoms with Crippen molar-refractivity contribution in [3.05, 3.63) is 70.4 Å². The summed E-state index contributed by atoms with van der Waals surface area (Å²) in [6.45, 7) is 1.83. The molecule has 1 aromatic heterocycles. The van der Waals surface area contributed by atoms with Gasteiger partial charge < -0.3 is 4.74 Å². The van der Waals surface area contributed by atoms with Crippen molar-refractivity contribution in [3.8, 4) is 11.3 Å². The maximum Gasteiger partial charge on any atom is 0.330 e. The van der Waals surface area contributed by atoms with Crippen LogP contribution in [-0.4, -0.2) is 28.3 Å². The molecule has 0 atom stereocenters. The second-order valence-electron chi connectivity index (χ2n) is 4.66. The fraction of sp³-hybridized carbons (Fsp3) is 0.118. The highest BCUT2D eigenvalue weighted by Gasteiger charge is 2.19. The molecule has 0 saturated heterocycles. The van der Waals surface area contributed by atoms with E-state index in [1.54, 1.807) is 37.3 Å². The predicted octanol–water partition coefficient (Wildman–Crippen LogP) is 2.96. The van der Waals surface area contributed by atoms with Crippen molar-refractivity contribution in [1.82, 2.24) is 4.98 Å². The van der Waals surface area contributed by atoms with Crippen LogP contribution >= 0.6 is 0 Å². The van der Waals surface area contributed by atoms with Crippen LogP contribution in [0.15, 0.2) is 54.7 Å². The lowest BCUT2D eigenvalue weighted by Crippen LogP contribution is -2.03. The number of carbonyl (C=O) groups excluding carboxylic acids is 2. The number of nitrogens with zero attached hydrogens (tertiary/aromatic N) is 2. The zero-order chi connectivity index (χ0) is 17.5. The van der Waals surface area contributed by atoms with Crippen LogP contribution in [0.4, 0.5) is 5.69 Å². The van der Waals surface area contributed by atoms with Gasteiger partial charge in [0.25, 0.3) is 5.69 Å². The number of nitro groups is 1. The second-order valence-corrected chi connectivity index (χ2v) is 4.66. The third-order valence-electron chi connectivity index (χ3n) is 3.05. The Balaban J connectivity index is 2.34. The van der Waals surface area contributed by atoms with Crippen molar-refractivity contribution in [1.29, 1.82) is 0 Å². The molecule has 0 bridgehead atoms. The number of carbonyl (C=O) groups is 2. The Hall–Kier alpha value is -3.35. The molecule has 7 nitrogen and oxygen atoms in total. The van der Waals surface area contributed by atoms with Crippen LogP contribution in [0.3, 0.4) is 0 Å². The van der Waals surface area contributed by atoms with E-state index in [0.29, 0.717) is 5.56 Å². The molecule has 0 unspecified atom stereocenters. The third kappa shape index (κ3) is 4.10. The minimum absolute atomic E-state index is 0.0157. The van der Waals surface area contributed by atoms with Gasteiger partial charge in [0.05, 0.1) is 11.5 Å². The van der Waals surface area contributed by atoms with Crippen molar-refractivity contribution in [2.75, 3.05) is 6.61 Å². The lowest BCUT2D eigenvalue weighted by atomic mass is 10.1. The van der Waals surface area contributed by atoms with E-state index < -0.39 is 16.7 Å². The normalized spacial score (nSPS) is 10.5. The first-order chi connectivity index (χ1) is 11.5. The summed E-state index contributed by atoms with van der Waals surface area (Å²) in [5, 5.41) is 11.3. The van der Waals surface area contributed by atoms with Crippen molar-refractivity contribution in [2.24, 2.45) is 0 Å². The van der Waals surface area contributed by atoms with E-state index in [2.05, 4.69) is 9.72 Å². The molecule has 0 aliphatic carbocycles. The second kappa shape index (κ2) is 7.77. The van der Waals surface area contributed by atoms with Crippen LogP contribution in [0.25, 0.3) is 11.3 Å². The molecular formula is C17H14N2O5. The summed E-state index contributed by atoms with van der Waals surface area (Å²) >= 11 is 0. The molecule has 0 amide bonds. The summed E-state index contributed by atoms with van der Waals surface area (Å²) in [5.74, 6) is -1.23. The summed E-state index contributed by atoms with van der Waals surface area (Å²) in [6.07, 6.45) is 3.22. The predicted molar refractivity (Wildman–Crippen MR) is 86.4 cm³/mol. The van der Waals surface area contributed by atoms with Crippen molar-refractivity contribution >= 4 is 17.4 Å². The standard InChI is InChI=1S/C17H14N2O5/c1-2-24-16(21)9-8-15(20)13-10-14(19(22)23)17(18-11-13)12-6-4-3-5-7-12/h3-11H,2H2,1H3. The zero-order valence-corrected chi connectivity index (χ0v) is 12.8. The summed E-state index contributed by atoms with van der Waals surface area (Å²) < 4.78 is 4.67. The van der Waals surface area contributed by atoms with Crippen molar-refractivity contribution < 1.29 is 19.2 Å². The van der Waals surface area contributed by atoms with Gasteiger partial charge in [0.1, 0.15) is 5.69 Å². The Morgan fingerprint density at radius 3 is 2.58 bits per heavy atom. The van der Waals surface area contributed by atoms with Gasteiger partial charge in [-0.05, 0) is 13.0 Å². The molecule has 0 aliphatic heterocycles. The number of allylic oxidation sites excluding steroid dienone is 1. The van der Waals surface area contributed by atoms with Gasteiger partial charge in [0, 0.05) is 29.5 Å². The fourth-order valence-electron chi connectivity index (χ4n) is 1.98. The molecule has 0 fully saturated rings. The molecule has 0 saturated carbocycles. The van der Waals surface area contributed by atoms with E-state index >= 15 is 0 Å². The summed E-state index contributed by atoms with van der Waals surface area (Å²) in [6, 6.07) is 9.79. The minimum atomic E-state index is -0.658. The van der Waals surface area contributed by atoms with E-state index in [0.717, 1.165) is 18.2 Å². The monoisotopic (exact) mass is 326 g/mol. The SMILES string of the molecule is CCOC(=O)C=CC(=O)c1cnc(-c2ccccc2)c([N+](=O)[O-])c1. The van der Waals surface area contributed by atoms with Gasteiger partial charge >= 0.3 is 5.97 Å². The number of pyridine rings is 1. The van der Waals surface area contributed by atoms with Gasteiger partial charge in [-0.2, -0.15) is 0 Å². The Bertz CT molecular complexity index is 800. The molecule has 1 aromatic carbocycles. The van der Waals surface area contributed by atoms with Crippen LogP contribution in [-0.2, 0) is 9.53 Å². The Morgan fingerprint density at radius 1 is 1.25 bits per heavy atom. The molecule has 2 aromatic rings. The average Bonchev–Trinajstić information content (AvgIpc) is 2.60. The quantitative estimate of drug-likeness (QED) is 0.266. The maximum atomic E-state index is 12.0. The fourth-order valence-corrected chi connectivity index (χ4v) is 1.98. The lowest BCUT2D eigenvalue weighted by Gasteiger charge is -2.04. The van der Waals surface area contributed by atoms with Crippen LogP contribution in [0.5, 0.6) is 0 Å². The summed E-state index contributed by atoms with van der Waals surface area (Å²) in [7, 11) is 0. The number of ether oxygens (including phenoxy) is 1. The number of hydrogen-bond acceptors (Lipinski definition) is 6. The topological polar surface area (TPSA) is 99.4 Å². The molecule has 2 rings (SSSR count). The molecule has 0 aliphatic rings. The van der Waals surface area contributed by atoms with Crippen molar-refractivity contribution in [2.45, 2.75) is 6.92 Å². The first-order valence-corrected chi connectivity index (χ1v) is 7.12. The van der Waals surface area contributed by atoms with Crippen LogP contribution in [0.2, 0.25) is 0 Å². The highest BCUT2D eigenvalue weighted by atomic mass is 16.6. The molecule has 7 heteroatoms. The van der Waals surface area contributed by atoms with Gasteiger partial charge in [0.2, 0.25) is 0 Å². The lowest BCUT2D eigenvalue weighted by molar-refractivity contribution is -0.384. The Morgan fingerprint density at radius 2 is 1.96 bits per heavy atom. The minimum Gasteiger partial charge on any atom is -0.463 e. The first-order valence-electron chi connectivity index (χ1n) is 7.12. The summed E-state index contributed by atoms with van der Waals surface area (Å²) in [4.78, 5) is 38.0. The number of benzene rings is 1. The summed E-state index contributed by atoms with van der Waals surface area (Å²) in [5.41, 5.74) is 0.482. The van der Waals surface area contributed by atoms with E-state index in [4.69, 9.17) is 0 Å². The van der Waals surface area contributed by atoms with Crippen molar-refractivity contribution in [3.63, 3.8) is 0 Å². The van der Waals surface area contributed by atoms with Gasteiger partial charge in [-0.1, -0.05) is 30.3 Å². The van der Waals surface area contributed by atoms with E-state index in [1.807, 2.05) is 0 Å². The number of rotatable bonds is 6. The van der Waals surface area contributed by atoms with Crippen LogP contribution in [0, 0.1) is 10.1 Å². The first kappa shape index (κ1) is 17.0. The number of ketones is 1. The zero-order valence-electron chi connectivity index (χ0n) is 12.8. The molecular weight excluding hydrogens is 312 g/mol. The highest BCUT2D eigenvalue weighted by Crippen LogP contribution is 2.28. The Kier molecular flexibility index (Phi) is 5.51. The van der Waals surface area contributed by atoms with E-state index in [9.17, 15) is 19.7 Å². The number of aromatic nitrogens is 1. The molecule has 122 valence electrons. The van der Waals surface area contributed by atoms with E-state index in [1.165, 1.54) is 6.20 Å². The van der Waals surface area contributed by atoms with E-state index in [-0.39, 0.29) is 23.6 Å². The molecule has 0 spiro atoms. The van der Waals surface area contributed by atoms with Gasteiger partial charge in [-0.3, -0.25) is 14.9 Å². The highest BCUT2D eigenvalue weighted by molar-refractivity contribution is 6.07. The smallest absolute Gasteiger partial charge is 0.330 e. The molecule has 0 N–H and O–H groups in total. The Labute approximate surface area is 137 Å². The van der Waals surface area contributed by atoms with Crippen LogP contribution < -0.4 is 0 Å². The largest absolute Gasteiger partial charge is 0.463 e. The van der Waals surface area contributed by atoms with Gasteiger partial charge in [-0.15, -0.1) is 0 Å². The van der Waals surface area contributed by atoms with Gasteiger partial charge in [-0.25, -0.2) is 9.78 Å². The average molecular weight is 326 g/mol. The molecule has 24 heavy (non-hydrogen) atoms. The van der Waals surface area contributed by atoms with Gasteiger partial charge in [0.15, 0.2) is 5.78 Å². The number of esters is 1.